The Balaban J connectivity index is 1.59. The third-order valence-electron chi connectivity index (χ3n) is 5.92. The van der Waals surface area contributed by atoms with Crippen molar-refractivity contribution in [2.75, 3.05) is 6.61 Å². The molecule has 0 radical (unpaired) electrons. The summed E-state index contributed by atoms with van der Waals surface area (Å²) in [5.74, 6) is 0.769. The molecule has 2 aliphatic rings. The van der Waals surface area contributed by atoms with Crippen molar-refractivity contribution < 1.29 is 9.15 Å². The third kappa shape index (κ3) is 3.00. The minimum absolute atomic E-state index is 0.00752. The Morgan fingerprint density at radius 1 is 1.03 bits per heavy atom. The second-order valence-corrected chi connectivity index (χ2v) is 9.12. The summed E-state index contributed by atoms with van der Waals surface area (Å²) >= 11 is 1.66. The smallest absolute Gasteiger partial charge is 0.197 e. The number of para-hydroxylation sites is 2. The fraction of sp³-hybridized carbons (Fsp3) is 0.154. The van der Waals surface area contributed by atoms with Crippen LogP contribution in [0.4, 0.5) is 5.69 Å². The molecule has 6 rings (SSSR count). The van der Waals surface area contributed by atoms with Gasteiger partial charge < -0.3 is 9.15 Å². The Bertz CT molecular complexity index is 1420. The predicted octanol–water partition coefficient (Wildman–Crippen LogP) is 6.08. The van der Waals surface area contributed by atoms with Crippen molar-refractivity contribution in [2.24, 2.45) is 10.9 Å². The Labute approximate surface area is 183 Å². The van der Waals surface area contributed by atoms with Crippen molar-refractivity contribution in [2.45, 2.75) is 17.1 Å². The topological polar surface area (TPSA) is 51.8 Å². The maximum Gasteiger partial charge on any atom is 0.197 e. The Hall–Kier alpha value is -3.31. The van der Waals surface area contributed by atoms with Crippen LogP contribution in [-0.2, 0) is 0 Å². The summed E-state index contributed by atoms with van der Waals surface area (Å²) in [6.45, 7) is 2.53. The SMILES string of the molecule is Cc1ccc2c(c1)C1=Nc3ccccc3S[C@H](c3coc4ccccc4c3=O)[C@H]1CO2. The molecule has 0 spiro atoms. The van der Waals surface area contributed by atoms with E-state index >= 15 is 0 Å². The fourth-order valence-corrected chi connectivity index (χ4v) is 5.70. The first-order chi connectivity index (χ1) is 15.2. The van der Waals surface area contributed by atoms with Gasteiger partial charge in [-0.2, -0.15) is 0 Å². The highest BCUT2D eigenvalue weighted by molar-refractivity contribution is 7.99. The first-order valence-corrected chi connectivity index (χ1v) is 11.2. The second kappa shape index (κ2) is 7.13. The number of benzene rings is 3. The first-order valence-electron chi connectivity index (χ1n) is 10.3. The zero-order chi connectivity index (χ0) is 20.9. The number of thioether (sulfide) groups is 1. The van der Waals surface area contributed by atoms with Crippen LogP contribution in [0.15, 0.2) is 92.1 Å². The van der Waals surface area contributed by atoms with Crippen LogP contribution < -0.4 is 10.2 Å². The lowest BCUT2D eigenvalue weighted by Gasteiger charge is -2.31. The quantitative estimate of drug-likeness (QED) is 0.371. The molecule has 0 fully saturated rings. The van der Waals surface area contributed by atoms with Crippen molar-refractivity contribution in [3.63, 3.8) is 0 Å². The van der Waals surface area contributed by atoms with Crippen molar-refractivity contribution in [1.82, 2.24) is 0 Å². The van der Waals surface area contributed by atoms with Gasteiger partial charge in [0, 0.05) is 16.0 Å². The highest BCUT2D eigenvalue weighted by Gasteiger charge is 2.38. The number of ether oxygens (including phenoxy) is 1. The van der Waals surface area contributed by atoms with Crippen LogP contribution in [0, 0.1) is 12.8 Å². The lowest BCUT2D eigenvalue weighted by molar-refractivity contribution is 0.271. The molecule has 2 atom stereocenters. The van der Waals surface area contributed by atoms with E-state index in [0.29, 0.717) is 23.1 Å². The molecule has 2 aliphatic heterocycles. The van der Waals surface area contributed by atoms with E-state index in [1.54, 1.807) is 18.0 Å². The van der Waals surface area contributed by atoms with Gasteiger partial charge in [-0.1, -0.05) is 35.9 Å². The number of aliphatic imine (C=N–C) groups is 1. The van der Waals surface area contributed by atoms with Gasteiger partial charge in [0.05, 0.1) is 40.8 Å². The Morgan fingerprint density at radius 3 is 2.81 bits per heavy atom. The number of rotatable bonds is 1. The zero-order valence-corrected chi connectivity index (χ0v) is 17.7. The molecular formula is C26H19NO3S. The summed E-state index contributed by atoms with van der Waals surface area (Å²) in [6.07, 6.45) is 1.62. The fourth-order valence-electron chi connectivity index (χ4n) is 4.37. The molecule has 0 bridgehead atoms. The van der Waals surface area contributed by atoms with E-state index in [1.807, 2.05) is 48.5 Å². The largest absolute Gasteiger partial charge is 0.492 e. The van der Waals surface area contributed by atoms with Crippen LogP contribution in [-0.4, -0.2) is 12.3 Å². The molecule has 3 heterocycles. The normalized spacial score (nSPS) is 19.5. The molecule has 31 heavy (non-hydrogen) atoms. The van der Waals surface area contributed by atoms with E-state index in [1.165, 1.54) is 0 Å². The van der Waals surface area contributed by atoms with Crippen molar-refractivity contribution >= 4 is 34.1 Å². The average molecular weight is 426 g/mol. The van der Waals surface area contributed by atoms with Crippen LogP contribution in [0.3, 0.4) is 0 Å². The lowest BCUT2D eigenvalue weighted by atomic mass is 9.87. The Morgan fingerprint density at radius 2 is 1.87 bits per heavy atom. The van der Waals surface area contributed by atoms with Crippen molar-refractivity contribution in [3.8, 4) is 5.75 Å². The second-order valence-electron chi connectivity index (χ2n) is 7.94. The number of aryl methyl sites for hydroxylation is 1. The van der Waals surface area contributed by atoms with Gasteiger partial charge in [-0.3, -0.25) is 9.79 Å². The van der Waals surface area contributed by atoms with Crippen LogP contribution >= 0.6 is 11.8 Å². The van der Waals surface area contributed by atoms with E-state index in [2.05, 4.69) is 25.1 Å². The molecule has 1 aromatic heterocycles. The van der Waals surface area contributed by atoms with Gasteiger partial charge in [0.15, 0.2) is 5.43 Å². The standard InChI is InChI=1S/C26H19NO3S/c1-15-10-11-22-17(12-15)24-18(13-29-22)26(31-23-9-5-3-7-20(23)27-24)19-14-30-21-8-4-2-6-16(21)25(19)28/h2-12,14,18,26H,13H2,1H3/t18-,26-/m0/s1. The average Bonchev–Trinajstić information content (AvgIpc) is 2.96. The van der Waals surface area contributed by atoms with Gasteiger partial charge in [-0.25, -0.2) is 0 Å². The molecule has 0 saturated carbocycles. The maximum atomic E-state index is 13.5. The zero-order valence-electron chi connectivity index (χ0n) is 16.9. The number of hydrogen-bond acceptors (Lipinski definition) is 5. The van der Waals surface area contributed by atoms with Gasteiger partial charge in [0.25, 0.3) is 0 Å². The Kier molecular flexibility index (Phi) is 4.25. The highest BCUT2D eigenvalue weighted by Crippen LogP contribution is 2.49. The van der Waals surface area contributed by atoms with Gasteiger partial charge in [0.1, 0.15) is 11.3 Å². The molecule has 5 heteroatoms. The van der Waals surface area contributed by atoms with E-state index < -0.39 is 0 Å². The molecule has 3 aromatic carbocycles. The molecule has 0 saturated heterocycles. The van der Waals surface area contributed by atoms with E-state index in [9.17, 15) is 4.79 Å². The van der Waals surface area contributed by atoms with Crippen molar-refractivity contribution in [3.05, 3.63) is 99.9 Å². The minimum atomic E-state index is -0.170. The van der Waals surface area contributed by atoms with Gasteiger partial charge >= 0.3 is 0 Å². The molecule has 4 aromatic rings. The highest BCUT2D eigenvalue weighted by atomic mass is 32.2. The summed E-state index contributed by atoms with van der Waals surface area (Å²) in [6, 6.07) is 21.7. The van der Waals surface area contributed by atoms with Crippen LogP contribution in [0.1, 0.15) is 21.9 Å². The lowest BCUT2D eigenvalue weighted by Crippen LogP contribution is -2.33. The van der Waals surface area contributed by atoms with Crippen molar-refractivity contribution in [1.29, 1.82) is 0 Å². The maximum absolute atomic E-state index is 13.5. The van der Waals surface area contributed by atoms with E-state index in [4.69, 9.17) is 14.1 Å². The summed E-state index contributed by atoms with van der Waals surface area (Å²) in [7, 11) is 0. The molecule has 0 aliphatic carbocycles. The first kappa shape index (κ1) is 18.5. The number of nitrogens with zero attached hydrogens (tertiary/aromatic N) is 1. The van der Waals surface area contributed by atoms with Gasteiger partial charge in [0.2, 0.25) is 0 Å². The molecular weight excluding hydrogens is 406 g/mol. The monoisotopic (exact) mass is 425 g/mol. The van der Waals surface area contributed by atoms with E-state index in [0.717, 1.165) is 33.2 Å². The van der Waals surface area contributed by atoms with Crippen LogP contribution in [0.5, 0.6) is 5.75 Å². The summed E-state index contributed by atoms with van der Waals surface area (Å²) in [5.41, 5.74) is 5.31. The molecule has 0 amide bonds. The van der Waals surface area contributed by atoms with Crippen LogP contribution in [0.25, 0.3) is 11.0 Å². The molecule has 4 nitrogen and oxygen atoms in total. The van der Waals surface area contributed by atoms with Gasteiger partial charge in [-0.15, -0.1) is 11.8 Å². The number of fused-ring (bicyclic) bond motifs is 5. The summed E-state index contributed by atoms with van der Waals surface area (Å²) in [4.78, 5) is 19.6. The molecule has 152 valence electrons. The van der Waals surface area contributed by atoms with Gasteiger partial charge in [-0.05, 0) is 43.3 Å². The summed E-state index contributed by atoms with van der Waals surface area (Å²) < 4.78 is 12.0. The summed E-state index contributed by atoms with van der Waals surface area (Å²) in [5, 5.41) is 0.432. The molecule has 0 N–H and O–H groups in total. The predicted molar refractivity (Wildman–Crippen MR) is 124 cm³/mol. The number of hydrogen-bond donors (Lipinski definition) is 0. The third-order valence-corrected chi connectivity index (χ3v) is 7.35. The van der Waals surface area contributed by atoms with E-state index in [-0.39, 0.29) is 16.6 Å². The van der Waals surface area contributed by atoms with Crippen LogP contribution in [0.2, 0.25) is 0 Å². The molecule has 0 unspecified atom stereocenters. The minimum Gasteiger partial charge on any atom is -0.492 e.